The van der Waals surface area contributed by atoms with E-state index in [9.17, 15) is 24.3 Å². The van der Waals surface area contributed by atoms with Gasteiger partial charge < -0.3 is 62.1 Å². The summed E-state index contributed by atoms with van der Waals surface area (Å²) in [6, 6.07) is 7.08. The Balaban J connectivity index is 1.07. The molecule has 2 aliphatic rings. The van der Waals surface area contributed by atoms with Crippen LogP contribution in [0.5, 0.6) is 0 Å². The summed E-state index contributed by atoms with van der Waals surface area (Å²) in [5.74, 6) is -0.541. The number of benzene rings is 1. The maximum absolute atomic E-state index is 12.2. The molecule has 73 heavy (non-hydrogen) atoms. The number of carbonyl (C=O) groups is 4. The van der Waals surface area contributed by atoms with Gasteiger partial charge in [-0.15, -0.1) is 0 Å². The van der Waals surface area contributed by atoms with Crippen molar-refractivity contribution in [2.45, 2.75) is 142 Å². The number of anilines is 4. The largest absolute Gasteiger partial charge is 0.480 e. The van der Waals surface area contributed by atoms with Gasteiger partial charge in [0, 0.05) is 78.1 Å². The molecule has 0 bridgehead atoms. The monoisotopic (exact) mass is 1020 g/mol. The van der Waals surface area contributed by atoms with Crippen LogP contribution in [-0.2, 0) is 20.8 Å². The molecule has 0 radical (unpaired) electrons. The molecule has 0 spiro atoms. The van der Waals surface area contributed by atoms with Crippen LogP contribution in [0.2, 0.25) is 0 Å². The maximum Gasteiger partial charge on any atom is 0.326 e. The number of aromatic nitrogens is 3. The minimum atomic E-state index is -1.22. The van der Waals surface area contributed by atoms with Crippen molar-refractivity contribution in [3.63, 3.8) is 0 Å². The molecule has 1 aromatic carbocycles. The lowest BCUT2D eigenvalue weighted by molar-refractivity contribution is -0.139. The molecule has 3 heterocycles. The van der Waals surface area contributed by atoms with E-state index in [1.807, 2.05) is 19.0 Å². The lowest BCUT2D eigenvalue weighted by atomic mass is 9.75. The molecule has 0 aliphatic carbocycles. The summed E-state index contributed by atoms with van der Waals surface area (Å²) in [4.78, 5) is 69.7. The number of carbonyl (C=O) groups excluding carboxylic acids is 2. The predicted molar refractivity (Wildman–Crippen MR) is 292 cm³/mol. The van der Waals surface area contributed by atoms with Crippen molar-refractivity contribution in [2.75, 3.05) is 127 Å². The third-order valence-corrected chi connectivity index (χ3v) is 14.4. The quantitative estimate of drug-likeness (QED) is 0.0411. The zero-order chi connectivity index (χ0) is 52.7. The molecule has 1 unspecified atom stereocenters. The van der Waals surface area contributed by atoms with E-state index in [2.05, 4.69) is 97.0 Å². The fourth-order valence-corrected chi connectivity index (χ4v) is 9.70. The Bertz CT molecular complexity index is 1870. The molecule has 2 saturated heterocycles. The summed E-state index contributed by atoms with van der Waals surface area (Å²) >= 11 is 0. The highest BCUT2D eigenvalue weighted by atomic mass is 16.4. The molecule has 9 N–H and O–H groups in total. The fraction of sp³-hybridized carbons (Fsp3) is 0.755. The van der Waals surface area contributed by atoms with Crippen LogP contribution in [0.4, 0.5) is 28.3 Å². The maximum atomic E-state index is 12.2. The first kappa shape index (κ1) is 60.7. The number of aliphatic carboxylic acids is 2. The number of amides is 3. The van der Waals surface area contributed by atoms with Gasteiger partial charge in [0.05, 0.1) is 0 Å². The van der Waals surface area contributed by atoms with Gasteiger partial charge in [-0.2, -0.15) is 15.0 Å². The summed E-state index contributed by atoms with van der Waals surface area (Å²) in [6.07, 6.45) is 16.6. The van der Waals surface area contributed by atoms with Crippen LogP contribution in [0.3, 0.4) is 0 Å². The minimum absolute atomic E-state index is 0.00645. The van der Waals surface area contributed by atoms with E-state index in [0.29, 0.717) is 55.1 Å². The van der Waals surface area contributed by atoms with E-state index in [4.69, 9.17) is 20.1 Å². The number of hydrogen-bond donors (Lipinski definition) is 9. The molecule has 412 valence electrons. The second kappa shape index (κ2) is 34.6. The number of carboxylic acids is 2. The topological polar surface area (TPSA) is 245 Å². The molecule has 3 amide bonds. The molecule has 20 heteroatoms. The molecular weight excluding hydrogens is 929 g/mol. The normalized spacial score (nSPS) is 16.2. The smallest absolute Gasteiger partial charge is 0.326 e. The van der Waals surface area contributed by atoms with E-state index in [1.165, 1.54) is 69.9 Å². The first-order chi connectivity index (χ1) is 35.3. The minimum Gasteiger partial charge on any atom is -0.480 e. The SMILES string of the molecule is CCN(CC)CCC1(CCNC(C)Cc2ccc(Nc3nc(N(C)C)nc(N4CCN(CCCCCCCCCCC(=O)NCCCC[C@H](NC(=O)NCC(=O)O)C(=O)O)CC4)n3)cc2)CCNCCNCC1. The first-order valence-corrected chi connectivity index (χ1v) is 27.7. The van der Waals surface area contributed by atoms with E-state index in [-0.39, 0.29) is 12.3 Å². The molecule has 20 nitrogen and oxygen atoms in total. The van der Waals surface area contributed by atoms with Crippen LogP contribution in [0.1, 0.15) is 129 Å². The summed E-state index contributed by atoms with van der Waals surface area (Å²) in [5.41, 5.74) is 2.60. The molecule has 2 aliphatic heterocycles. The molecule has 0 saturated carbocycles. The molecule has 2 atom stereocenters. The van der Waals surface area contributed by atoms with Gasteiger partial charge in [-0.25, -0.2) is 9.59 Å². The number of unbranched alkanes of at least 4 members (excludes halogenated alkanes) is 8. The summed E-state index contributed by atoms with van der Waals surface area (Å²) in [5, 5.41) is 39.9. The Labute approximate surface area is 436 Å². The van der Waals surface area contributed by atoms with Crippen LogP contribution in [0.15, 0.2) is 24.3 Å². The van der Waals surface area contributed by atoms with Crippen LogP contribution >= 0.6 is 0 Å². The number of piperazine rings is 1. The Kier molecular flexibility index (Phi) is 28.7. The number of carboxylic acid groups (broad SMARTS) is 2. The van der Waals surface area contributed by atoms with E-state index < -0.39 is 30.6 Å². The van der Waals surface area contributed by atoms with Crippen molar-refractivity contribution in [3.05, 3.63) is 29.8 Å². The van der Waals surface area contributed by atoms with E-state index >= 15 is 0 Å². The van der Waals surface area contributed by atoms with Crippen molar-refractivity contribution in [3.8, 4) is 0 Å². The van der Waals surface area contributed by atoms with Crippen molar-refractivity contribution in [1.82, 2.24) is 56.7 Å². The number of rotatable bonds is 35. The van der Waals surface area contributed by atoms with Crippen LogP contribution in [0, 0.1) is 5.41 Å². The third-order valence-electron chi connectivity index (χ3n) is 14.4. The molecule has 1 aromatic heterocycles. The molecule has 2 fully saturated rings. The lowest BCUT2D eigenvalue weighted by Crippen LogP contribution is -2.47. The molecular formula is C53H94N14O6. The zero-order valence-electron chi connectivity index (χ0n) is 45.2. The Morgan fingerprint density at radius 1 is 0.767 bits per heavy atom. The van der Waals surface area contributed by atoms with Crippen molar-refractivity contribution in [2.24, 2.45) is 5.41 Å². The van der Waals surface area contributed by atoms with E-state index in [1.54, 1.807) is 0 Å². The number of hydrogen-bond acceptors (Lipinski definition) is 15. The highest BCUT2D eigenvalue weighted by Crippen LogP contribution is 2.35. The first-order valence-electron chi connectivity index (χ1n) is 27.7. The Morgan fingerprint density at radius 2 is 1.42 bits per heavy atom. The molecule has 2 aromatic rings. The Morgan fingerprint density at radius 3 is 2.05 bits per heavy atom. The fourth-order valence-electron chi connectivity index (χ4n) is 9.70. The third kappa shape index (κ3) is 24.8. The van der Waals surface area contributed by atoms with Gasteiger partial charge >= 0.3 is 18.0 Å². The molecule has 4 rings (SSSR count). The Hall–Kier alpha value is -4.89. The van der Waals surface area contributed by atoms with Gasteiger partial charge in [0.15, 0.2) is 0 Å². The average Bonchev–Trinajstić information content (AvgIpc) is 3.49. The second-order valence-corrected chi connectivity index (χ2v) is 20.4. The van der Waals surface area contributed by atoms with Crippen LogP contribution in [0.25, 0.3) is 0 Å². The van der Waals surface area contributed by atoms with Crippen molar-refractivity contribution >= 4 is 47.4 Å². The summed E-state index contributed by atoms with van der Waals surface area (Å²) < 4.78 is 0. The van der Waals surface area contributed by atoms with Crippen molar-refractivity contribution < 1.29 is 29.4 Å². The highest BCUT2D eigenvalue weighted by molar-refractivity contribution is 5.84. The number of nitrogens with one attached hydrogen (secondary N) is 7. The van der Waals surface area contributed by atoms with Gasteiger partial charge in [0.2, 0.25) is 23.8 Å². The summed E-state index contributed by atoms with van der Waals surface area (Å²) in [6.45, 7) is 20.2. The van der Waals surface area contributed by atoms with Gasteiger partial charge in [-0.05, 0) is 140 Å². The van der Waals surface area contributed by atoms with Gasteiger partial charge in [-0.3, -0.25) is 14.5 Å². The zero-order valence-corrected chi connectivity index (χ0v) is 45.2. The van der Waals surface area contributed by atoms with Gasteiger partial charge in [-0.1, -0.05) is 64.5 Å². The highest BCUT2D eigenvalue weighted by Gasteiger charge is 2.30. The van der Waals surface area contributed by atoms with Gasteiger partial charge in [0.1, 0.15) is 12.6 Å². The van der Waals surface area contributed by atoms with Crippen molar-refractivity contribution in [1.29, 1.82) is 0 Å². The van der Waals surface area contributed by atoms with Crippen LogP contribution < -0.4 is 47.0 Å². The standard InChI is InChI=1S/C53H94N14O6/c1-6-65(7-2)35-27-53(24-29-54-32-33-55-30-25-53)26-31-56-42(3)40-43-20-22-44(23-21-43)59-49-61-50(64(4)5)63-51(62-49)67-38-36-66(37-39-67)34-17-13-11-9-8-10-12-14-19-46(68)57-28-16-15-18-45(48(71)72)60-52(73)58-41-47(69)70/h20-23,42,45,54-56H,6-19,24-41H2,1-5H3,(H,57,68)(H,69,70)(H,71,72)(H2,58,60,73)(H,59,61,62,63)/t42?,45-/m0/s1. The van der Waals surface area contributed by atoms with E-state index in [0.717, 1.165) is 110 Å². The average molecular weight is 1020 g/mol. The lowest BCUT2D eigenvalue weighted by Gasteiger charge is -2.36. The number of nitrogens with zero attached hydrogens (tertiary/aromatic N) is 7. The summed E-state index contributed by atoms with van der Waals surface area (Å²) in [7, 11) is 3.93. The van der Waals surface area contributed by atoms with Gasteiger partial charge in [0.25, 0.3) is 0 Å². The van der Waals surface area contributed by atoms with Crippen LogP contribution in [-0.4, -0.2) is 183 Å². The number of urea groups is 1. The predicted octanol–water partition coefficient (Wildman–Crippen LogP) is 5.04. The second-order valence-electron chi connectivity index (χ2n) is 20.4.